The van der Waals surface area contributed by atoms with Gasteiger partial charge in [0.25, 0.3) is 0 Å². The molecule has 5 rings (SSSR count). The zero-order valence-electron chi connectivity index (χ0n) is 17.8. The molecule has 0 saturated heterocycles. The second-order valence-corrected chi connectivity index (χ2v) is 7.28. The molecule has 1 N–H and O–H groups in total. The fourth-order valence-corrected chi connectivity index (χ4v) is 3.50. The first-order valence-corrected chi connectivity index (χ1v) is 9.86. The third-order valence-electron chi connectivity index (χ3n) is 4.71. The minimum absolute atomic E-state index is 0. The largest absolute Gasteiger partial charge is 0.512 e. The Labute approximate surface area is 199 Å². The van der Waals surface area contributed by atoms with Crippen molar-refractivity contribution in [2.45, 2.75) is 20.8 Å². The maximum Gasteiger partial charge on any atom is 0.155 e. The van der Waals surface area contributed by atoms with Crippen LogP contribution in [0.3, 0.4) is 0 Å². The Morgan fingerprint density at radius 1 is 1.09 bits per heavy atom. The Morgan fingerprint density at radius 3 is 2.50 bits per heavy atom. The van der Waals surface area contributed by atoms with Crippen molar-refractivity contribution in [2.24, 2.45) is 0 Å². The fourth-order valence-electron chi connectivity index (χ4n) is 3.50. The van der Waals surface area contributed by atoms with Crippen molar-refractivity contribution in [2.75, 3.05) is 0 Å². The van der Waals surface area contributed by atoms with E-state index in [-0.39, 0.29) is 31.6 Å². The maximum absolute atomic E-state index is 10.0. The molecule has 32 heavy (non-hydrogen) atoms. The van der Waals surface area contributed by atoms with E-state index in [9.17, 15) is 4.79 Å². The maximum atomic E-state index is 10.0. The first kappa shape index (κ1) is 23.3. The van der Waals surface area contributed by atoms with Gasteiger partial charge < -0.3 is 9.52 Å². The average molecular weight is 602 g/mol. The van der Waals surface area contributed by atoms with E-state index in [2.05, 4.69) is 17.1 Å². The first-order valence-electron chi connectivity index (χ1n) is 9.86. The quantitative estimate of drug-likeness (QED) is 0.145. The molecule has 0 aliphatic carbocycles. The molecule has 5 aromatic rings. The van der Waals surface area contributed by atoms with E-state index >= 15 is 0 Å². The van der Waals surface area contributed by atoms with Crippen molar-refractivity contribution in [3.63, 3.8) is 0 Å². The number of pyridine rings is 2. The molecule has 1 radical (unpaired) electrons. The number of para-hydroxylation sites is 1. The predicted octanol–water partition coefficient (Wildman–Crippen LogP) is 6.34. The van der Waals surface area contributed by atoms with E-state index in [1.54, 1.807) is 0 Å². The van der Waals surface area contributed by atoms with Gasteiger partial charge in [0.15, 0.2) is 5.78 Å². The third kappa shape index (κ3) is 4.77. The number of ketones is 1. The number of hydrogen-bond donors (Lipinski definition) is 1. The number of carbonyl (C=O) groups is 1. The number of fused-ring (bicyclic) bond motifs is 5. The van der Waals surface area contributed by atoms with Crippen LogP contribution in [0.5, 0.6) is 0 Å². The topological polar surface area (TPSA) is 76.2 Å². The van der Waals surface area contributed by atoms with Gasteiger partial charge in [0.2, 0.25) is 0 Å². The van der Waals surface area contributed by atoms with Gasteiger partial charge in [0, 0.05) is 66.0 Å². The first-order chi connectivity index (χ1) is 14.9. The van der Waals surface area contributed by atoms with E-state index in [1.807, 2.05) is 61.7 Å². The molecule has 163 valence electrons. The number of furan rings is 1. The molecule has 0 atom stereocenters. The number of aromatic nitrogens is 2. The van der Waals surface area contributed by atoms with Crippen LogP contribution in [0, 0.1) is 13.0 Å². The molecule has 6 heteroatoms. The van der Waals surface area contributed by atoms with Gasteiger partial charge in [-0.25, -0.2) is 0 Å². The summed E-state index contributed by atoms with van der Waals surface area (Å²) in [6.45, 7) is 4.82. The molecule has 0 fully saturated rings. The van der Waals surface area contributed by atoms with Gasteiger partial charge in [-0.2, -0.15) is 0 Å². The van der Waals surface area contributed by atoms with Crippen molar-refractivity contribution in [1.82, 2.24) is 9.97 Å². The van der Waals surface area contributed by atoms with Crippen LogP contribution in [0.25, 0.3) is 44.1 Å². The van der Waals surface area contributed by atoms with Gasteiger partial charge in [-0.3, -0.25) is 14.8 Å². The normalized spacial score (nSPS) is 11.2. The van der Waals surface area contributed by atoms with Gasteiger partial charge in [-0.15, -0.1) is 35.9 Å². The summed E-state index contributed by atoms with van der Waals surface area (Å²) in [4.78, 5) is 19.3. The standard InChI is InChI=1S/C21H13N2O.C5H8O2.Ir/c1-13-11-18-16(12-22-13)19-15-9-5-6-10-17(15)23-20(21(19)24-18)14-7-3-2-4-8-14;1-4(6)3-5(2)7;/h2-7,9-12H,1H3;3,6H,1-2H3;/q-1;;/b;4-3-;. The SMILES string of the molecule is CC(=O)/C=C(/C)O.Cc1cc2oc3c(-c4[c-]cccc4)nc4ccccc4c3c2cn1.[Ir]. The summed E-state index contributed by atoms with van der Waals surface area (Å²) in [5.74, 6) is -0.0625. The Morgan fingerprint density at radius 2 is 1.84 bits per heavy atom. The van der Waals surface area contributed by atoms with E-state index < -0.39 is 0 Å². The molecule has 0 aliphatic rings. The smallest absolute Gasteiger partial charge is 0.155 e. The molecule has 3 heterocycles. The summed E-state index contributed by atoms with van der Waals surface area (Å²) >= 11 is 0. The Hall–Kier alpha value is -3.34. The van der Waals surface area contributed by atoms with Crippen LogP contribution in [-0.2, 0) is 24.9 Å². The molecule has 2 aromatic carbocycles. The second-order valence-electron chi connectivity index (χ2n) is 7.28. The van der Waals surface area contributed by atoms with E-state index in [1.165, 1.54) is 19.9 Å². The molecule has 3 aromatic heterocycles. The van der Waals surface area contributed by atoms with Crippen LogP contribution in [0.2, 0.25) is 0 Å². The number of aliphatic hydroxyl groups is 1. The van der Waals surface area contributed by atoms with E-state index in [0.29, 0.717) is 0 Å². The molecule has 0 unspecified atom stereocenters. The summed E-state index contributed by atoms with van der Waals surface area (Å²) < 4.78 is 6.20. The minimum Gasteiger partial charge on any atom is -0.512 e. The molecule has 0 amide bonds. The zero-order valence-corrected chi connectivity index (χ0v) is 20.2. The third-order valence-corrected chi connectivity index (χ3v) is 4.71. The van der Waals surface area contributed by atoms with Crippen LogP contribution >= 0.6 is 0 Å². The molecule has 0 saturated carbocycles. The van der Waals surface area contributed by atoms with Crippen LogP contribution in [0.15, 0.2) is 77.0 Å². The monoisotopic (exact) mass is 602 g/mol. The van der Waals surface area contributed by atoms with E-state index in [4.69, 9.17) is 14.5 Å². The van der Waals surface area contributed by atoms with Crippen molar-refractivity contribution >= 4 is 38.6 Å². The van der Waals surface area contributed by atoms with Crippen molar-refractivity contribution in [3.05, 3.63) is 84.4 Å². The molecule has 0 aliphatic heterocycles. The number of allylic oxidation sites excluding steroid dienone is 2. The van der Waals surface area contributed by atoms with E-state index in [0.717, 1.165) is 49.8 Å². The Kier molecular flexibility index (Phi) is 7.18. The summed E-state index contributed by atoms with van der Waals surface area (Å²) in [7, 11) is 0. The number of rotatable bonds is 2. The molecular formula is C26H21IrN2O3-. The summed E-state index contributed by atoms with van der Waals surface area (Å²) in [6, 6.07) is 21.2. The molecule has 5 nitrogen and oxygen atoms in total. The van der Waals surface area contributed by atoms with Crippen LogP contribution in [-0.4, -0.2) is 20.9 Å². The molecule has 0 bridgehead atoms. The van der Waals surface area contributed by atoms with Gasteiger partial charge in [0.05, 0.1) is 11.3 Å². The summed E-state index contributed by atoms with van der Waals surface area (Å²) in [6.07, 6.45) is 3.06. The molecular weight excluding hydrogens is 581 g/mol. The number of aryl methyl sites for hydroxylation is 1. The number of benzene rings is 2. The number of hydrogen-bond acceptors (Lipinski definition) is 5. The average Bonchev–Trinajstić information content (AvgIpc) is 3.12. The Bertz CT molecular complexity index is 1440. The van der Waals surface area contributed by atoms with Crippen molar-refractivity contribution in [1.29, 1.82) is 0 Å². The van der Waals surface area contributed by atoms with Gasteiger partial charge in [-0.05, 0) is 26.8 Å². The number of carbonyl (C=O) groups excluding carboxylic acids is 1. The van der Waals surface area contributed by atoms with Crippen molar-refractivity contribution < 1.29 is 34.4 Å². The van der Waals surface area contributed by atoms with Crippen molar-refractivity contribution in [3.8, 4) is 11.3 Å². The number of nitrogens with zero attached hydrogens (tertiary/aromatic N) is 2. The zero-order chi connectivity index (χ0) is 22.0. The second kappa shape index (κ2) is 9.86. The van der Waals surface area contributed by atoms with Crippen LogP contribution < -0.4 is 0 Å². The Balaban J connectivity index is 0.000000318. The van der Waals surface area contributed by atoms with Crippen LogP contribution in [0.1, 0.15) is 19.5 Å². The van der Waals surface area contributed by atoms with Gasteiger partial charge in [-0.1, -0.05) is 18.2 Å². The van der Waals surface area contributed by atoms with Gasteiger partial charge >= 0.3 is 0 Å². The summed E-state index contributed by atoms with van der Waals surface area (Å²) in [5.41, 5.74) is 5.26. The number of aliphatic hydroxyl groups excluding tert-OH is 1. The summed E-state index contributed by atoms with van der Waals surface area (Å²) in [5, 5.41) is 11.5. The molecule has 0 spiro atoms. The minimum atomic E-state index is -0.125. The predicted molar refractivity (Wildman–Crippen MR) is 123 cm³/mol. The fraction of sp³-hybridized carbons (Fsp3) is 0.115. The van der Waals surface area contributed by atoms with Gasteiger partial charge in [0.1, 0.15) is 11.2 Å². The van der Waals surface area contributed by atoms with Crippen LogP contribution in [0.4, 0.5) is 0 Å².